The second-order valence-electron chi connectivity index (χ2n) is 5.43. The highest BCUT2D eigenvalue weighted by molar-refractivity contribution is 6.07. The molecule has 0 spiro atoms. The number of carbonyl (C=O) groups is 2. The molecule has 23 heavy (non-hydrogen) atoms. The van der Waals surface area contributed by atoms with Crippen LogP contribution in [0.2, 0.25) is 0 Å². The average Bonchev–Trinajstić information content (AvgIpc) is 2.72. The van der Waals surface area contributed by atoms with Gasteiger partial charge in [0.05, 0.1) is 12.2 Å². The summed E-state index contributed by atoms with van der Waals surface area (Å²) in [5, 5.41) is 2.50. The summed E-state index contributed by atoms with van der Waals surface area (Å²) in [4.78, 5) is 29.8. The van der Waals surface area contributed by atoms with Gasteiger partial charge >= 0.3 is 6.03 Å². The minimum absolute atomic E-state index is 0.0150. The Morgan fingerprint density at radius 2 is 1.87 bits per heavy atom. The highest BCUT2D eigenvalue weighted by atomic mass is 19.1. The van der Waals surface area contributed by atoms with Crippen LogP contribution < -0.4 is 5.32 Å². The second-order valence-corrected chi connectivity index (χ2v) is 5.43. The Kier molecular flexibility index (Phi) is 3.55. The second kappa shape index (κ2) is 5.42. The van der Waals surface area contributed by atoms with Crippen molar-refractivity contribution >= 4 is 11.9 Å². The quantitative estimate of drug-likeness (QED) is 0.884. The number of halogens is 2. The first-order valence-electron chi connectivity index (χ1n) is 6.91. The predicted octanol–water partition coefficient (Wildman–Crippen LogP) is 2.33. The lowest BCUT2D eigenvalue weighted by molar-refractivity contribution is -0.131. The van der Waals surface area contributed by atoms with E-state index in [0.29, 0.717) is 11.8 Å². The first-order chi connectivity index (χ1) is 10.9. The monoisotopic (exact) mass is 317 g/mol. The molecule has 118 valence electrons. The predicted molar refractivity (Wildman–Crippen MR) is 77.0 cm³/mol. The van der Waals surface area contributed by atoms with E-state index in [1.54, 1.807) is 24.4 Å². The molecule has 1 aliphatic heterocycles. The molecule has 1 aromatic heterocycles. The van der Waals surface area contributed by atoms with E-state index in [2.05, 4.69) is 10.3 Å². The number of imide groups is 1. The summed E-state index contributed by atoms with van der Waals surface area (Å²) in [5.41, 5.74) is -0.933. The molecular formula is C16H13F2N3O2. The molecule has 0 unspecified atom stereocenters. The molecule has 1 fully saturated rings. The minimum Gasteiger partial charge on any atom is -0.319 e. The molecule has 0 radical (unpaired) electrons. The number of urea groups is 1. The zero-order chi connectivity index (χ0) is 16.6. The maximum absolute atomic E-state index is 13.4. The molecule has 0 saturated carbocycles. The van der Waals surface area contributed by atoms with Crippen LogP contribution in [0.15, 0.2) is 42.6 Å². The van der Waals surface area contributed by atoms with E-state index in [0.717, 1.165) is 17.0 Å². The molecular weight excluding hydrogens is 304 g/mol. The van der Waals surface area contributed by atoms with Crippen LogP contribution in [0.25, 0.3) is 0 Å². The number of aromatic nitrogens is 1. The molecule has 3 amide bonds. The number of amides is 3. The number of nitrogens with zero attached hydrogens (tertiary/aromatic N) is 2. The summed E-state index contributed by atoms with van der Waals surface area (Å²) in [6, 6.07) is 7.28. The van der Waals surface area contributed by atoms with Crippen molar-refractivity contribution in [1.82, 2.24) is 15.2 Å². The van der Waals surface area contributed by atoms with Crippen LogP contribution in [0.1, 0.15) is 18.2 Å². The zero-order valence-electron chi connectivity index (χ0n) is 12.2. The third kappa shape index (κ3) is 2.65. The van der Waals surface area contributed by atoms with Crippen LogP contribution in [0.5, 0.6) is 0 Å². The number of nitrogens with one attached hydrogen (secondary N) is 1. The van der Waals surface area contributed by atoms with E-state index >= 15 is 0 Å². The summed E-state index contributed by atoms with van der Waals surface area (Å²) in [6.45, 7) is 1.40. The maximum atomic E-state index is 13.4. The van der Waals surface area contributed by atoms with Crippen molar-refractivity contribution in [2.45, 2.75) is 19.0 Å². The van der Waals surface area contributed by atoms with Crippen LogP contribution >= 0.6 is 0 Å². The SMILES string of the molecule is C[C@@]1(c2cc(F)cc(F)c2)NC(=O)N(Cc2ccccn2)C1=O. The molecule has 1 N–H and O–H groups in total. The third-order valence-corrected chi connectivity index (χ3v) is 3.76. The van der Waals surface area contributed by atoms with Crippen molar-refractivity contribution < 1.29 is 18.4 Å². The third-order valence-electron chi connectivity index (χ3n) is 3.76. The molecule has 0 bridgehead atoms. The van der Waals surface area contributed by atoms with Gasteiger partial charge in [-0.3, -0.25) is 14.7 Å². The Hall–Kier alpha value is -2.83. The summed E-state index contributed by atoms with van der Waals surface area (Å²) in [6.07, 6.45) is 1.55. The zero-order valence-corrected chi connectivity index (χ0v) is 12.2. The van der Waals surface area contributed by atoms with Gasteiger partial charge in [0.25, 0.3) is 5.91 Å². The lowest BCUT2D eigenvalue weighted by Crippen LogP contribution is -2.41. The fraction of sp³-hybridized carbons (Fsp3) is 0.188. The van der Waals surface area contributed by atoms with Gasteiger partial charge in [-0.05, 0) is 36.8 Å². The molecule has 2 aromatic rings. The Balaban J connectivity index is 1.93. The van der Waals surface area contributed by atoms with Gasteiger partial charge in [-0.1, -0.05) is 6.07 Å². The number of carbonyl (C=O) groups excluding carboxylic acids is 2. The molecule has 0 aliphatic carbocycles. The Bertz CT molecular complexity index is 762. The Labute approximate surface area is 130 Å². The summed E-state index contributed by atoms with van der Waals surface area (Å²) < 4.78 is 26.9. The van der Waals surface area contributed by atoms with Crippen molar-refractivity contribution in [2.24, 2.45) is 0 Å². The lowest BCUT2D eigenvalue weighted by atomic mass is 9.92. The minimum atomic E-state index is -1.52. The molecule has 7 heteroatoms. The Morgan fingerprint density at radius 3 is 2.48 bits per heavy atom. The number of hydrogen-bond acceptors (Lipinski definition) is 3. The van der Waals surface area contributed by atoms with Gasteiger partial charge in [-0.2, -0.15) is 0 Å². The van der Waals surface area contributed by atoms with E-state index in [1.165, 1.54) is 6.92 Å². The van der Waals surface area contributed by atoms with Gasteiger partial charge < -0.3 is 5.32 Å². The standard InChI is InChI=1S/C16H13F2N3O2/c1-16(10-6-11(17)8-12(18)7-10)14(22)21(15(23)20-16)9-13-4-2-3-5-19-13/h2-8H,9H2,1H3,(H,20,23)/t16-/m0/s1. The first kappa shape index (κ1) is 15.1. The van der Waals surface area contributed by atoms with E-state index < -0.39 is 29.1 Å². The fourth-order valence-corrected chi connectivity index (χ4v) is 2.53. The smallest absolute Gasteiger partial charge is 0.319 e. The normalized spacial score (nSPS) is 20.7. The van der Waals surface area contributed by atoms with E-state index in [1.807, 2.05) is 0 Å². The van der Waals surface area contributed by atoms with Gasteiger partial charge in [-0.25, -0.2) is 13.6 Å². The molecule has 1 saturated heterocycles. The van der Waals surface area contributed by atoms with Gasteiger partial charge in [0.2, 0.25) is 0 Å². The van der Waals surface area contributed by atoms with Crippen molar-refractivity contribution in [3.05, 3.63) is 65.5 Å². The lowest BCUT2D eigenvalue weighted by Gasteiger charge is -2.22. The molecule has 1 aromatic carbocycles. The van der Waals surface area contributed by atoms with Crippen LogP contribution in [-0.4, -0.2) is 21.8 Å². The summed E-state index contributed by atoms with van der Waals surface area (Å²) in [5.74, 6) is -2.21. The van der Waals surface area contributed by atoms with Crippen molar-refractivity contribution in [1.29, 1.82) is 0 Å². The topological polar surface area (TPSA) is 62.3 Å². The number of rotatable bonds is 3. The van der Waals surface area contributed by atoms with Crippen molar-refractivity contribution in [3.63, 3.8) is 0 Å². The summed E-state index contributed by atoms with van der Waals surface area (Å²) in [7, 11) is 0. The molecule has 1 atom stereocenters. The van der Waals surface area contributed by atoms with Crippen LogP contribution in [0.4, 0.5) is 13.6 Å². The van der Waals surface area contributed by atoms with Crippen molar-refractivity contribution in [3.8, 4) is 0 Å². The number of benzene rings is 1. The van der Waals surface area contributed by atoms with Crippen LogP contribution in [0.3, 0.4) is 0 Å². The molecule has 5 nitrogen and oxygen atoms in total. The Morgan fingerprint density at radius 1 is 1.17 bits per heavy atom. The molecule has 2 heterocycles. The average molecular weight is 317 g/mol. The van der Waals surface area contributed by atoms with Gasteiger partial charge in [0.1, 0.15) is 17.2 Å². The highest BCUT2D eigenvalue weighted by Crippen LogP contribution is 2.30. The fourth-order valence-electron chi connectivity index (χ4n) is 2.53. The number of pyridine rings is 1. The van der Waals surface area contributed by atoms with E-state index in [9.17, 15) is 18.4 Å². The number of hydrogen-bond donors (Lipinski definition) is 1. The molecule has 1 aliphatic rings. The summed E-state index contributed by atoms with van der Waals surface area (Å²) >= 11 is 0. The van der Waals surface area contributed by atoms with Crippen LogP contribution in [-0.2, 0) is 16.9 Å². The van der Waals surface area contributed by atoms with Crippen LogP contribution in [0, 0.1) is 11.6 Å². The van der Waals surface area contributed by atoms with Gasteiger partial charge in [0, 0.05) is 12.3 Å². The van der Waals surface area contributed by atoms with Gasteiger partial charge in [0.15, 0.2) is 0 Å². The highest BCUT2D eigenvalue weighted by Gasteiger charge is 2.49. The van der Waals surface area contributed by atoms with E-state index in [4.69, 9.17) is 0 Å². The van der Waals surface area contributed by atoms with E-state index in [-0.39, 0.29) is 12.1 Å². The maximum Gasteiger partial charge on any atom is 0.325 e. The van der Waals surface area contributed by atoms with Gasteiger partial charge in [-0.15, -0.1) is 0 Å². The first-order valence-corrected chi connectivity index (χ1v) is 6.91. The molecule has 3 rings (SSSR count). The largest absolute Gasteiger partial charge is 0.325 e. The van der Waals surface area contributed by atoms with Crippen molar-refractivity contribution in [2.75, 3.05) is 0 Å².